The van der Waals surface area contributed by atoms with Gasteiger partial charge in [-0.2, -0.15) is 5.26 Å². The molecule has 0 amide bonds. The van der Waals surface area contributed by atoms with E-state index >= 15 is 0 Å². The summed E-state index contributed by atoms with van der Waals surface area (Å²) in [7, 11) is 0. The topological polar surface area (TPSA) is 103 Å². The van der Waals surface area contributed by atoms with Crippen LogP contribution in [0.25, 0.3) is 11.1 Å². The van der Waals surface area contributed by atoms with Crippen LogP contribution >= 0.6 is 0 Å². The van der Waals surface area contributed by atoms with E-state index in [4.69, 9.17) is 9.84 Å². The predicted molar refractivity (Wildman–Crippen MR) is 137 cm³/mol. The molecular weight excluding hydrogens is 459 g/mol. The molecule has 0 bridgehead atoms. The van der Waals surface area contributed by atoms with E-state index in [-0.39, 0.29) is 30.1 Å². The highest BCUT2D eigenvalue weighted by Crippen LogP contribution is 2.28. The molecule has 3 N–H and O–H groups in total. The third-order valence-corrected chi connectivity index (χ3v) is 5.96. The van der Waals surface area contributed by atoms with Gasteiger partial charge in [-0.25, -0.2) is 9.18 Å². The summed E-state index contributed by atoms with van der Waals surface area (Å²) in [6.07, 6.45) is 0.393. The molecule has 3 rings (SSSR count). The van der Waals surface area contributed by atoms with Crippen LogP contribution < -0.4 is 10.1 Å². The number of benzene rings is 3. The largest absolute Gasteiger partial charge is 0.489 e. The number of carbonyl (C=O) groups is 1. The smallest absolute Gasteiger partial charge is 0.335 e. The number of hydrogen-bond acceptors (Lipinski definition) is 5. The van der Waals surface area contributed by atoms with Crippen LogP contribution in [0.3, 0.4) is 0 Å². The van der Waals surface area contributed by atoms with Gasteiger partial charge in [-0.15, -0.1) is 0 Å². The summed E-state index contributed by atoms with van der Waals surface area (Å²) in [5.74, 6) is -0.868. The van der Waals surface area contributed by atoms with Crippen molar-refractivity contribution in [2.24, 2.45) is 0 Å². The third-order valence-electron chi connectivity index (χ3n) is 5.96. The van der Waals surface area contributed by atoms with Crippen LogP contribution in [-0.2, 0) is 12.8 Å². The number of aryl methyl sites for hydroxylation is 1. The summed E-state index contributed by atoms with van der Waals surface area (Å²) < 4.78 is 19.9. The minimum absolute atomic E-state index is 0.0288. The van der Waals surface area contributed by atoms with Gasteiger partial charge in [0.05, 0.1) is 11.1 Å². The number of aromatic carboxylic acids is 1. The van der Waals surface area contributed by atoms with E-state index in [1.54, 1.807) is 36.4 Å². The number of nitrogens with zero attached hydrogens (tertiary/aromatic N) is 1. The number of β-amino-alcohol motifs (C(OH)–C–C–N with tert-alkyl or cyclic N) is 1. The van der Waals surface area contributed by atoms with Gasteiger partial charge >= 0.3 is 5.97 Å². The SMILES string of the molecule is CCc1ccc(CC(C)(C)NC[C@H](O)COc2cc(-c3ccc(C(=O)O)cc3)ccc2C#N)cc1F. The molecule has 0 aliphatic carbocycles. The minimum Gasteiger partial charge on any atom is -0.489 e. The van der Waals surface area contributed by atoms with Crippen LogP contribution in [0.4, 0.5) is 4.39 Å². The second-order valence-corrected chi connectivity index (χ2v) is 9.39. The van der Waals surface area contributed by atoms with Crippen molar-refractivity contribution < 1.29 is 24.1 Å². The van der Waals surface area contributed by atoms with Gasteiger partial charge in [-0.1, -0.05) is 37.3 Å². The summed E-state index contributed by atoms with van der Waals surface area (Å²) in [6, 6.07) is 18.9. The zero-order valence-electron chi connectivity index (χ0n) is 20.7. The van der Waals surface area contributed by atoms with Crippen molar-refractivity contribution >= 4 is 5.97 Å². The average Bonchev–Trinajstić information content (AvgIpc) is 2.86. The Labute approximate surface area is 211 Å². The Morgan fingerprint density at radius 1 is 1.11 bits per heavy atom. The van der Waals surface area contributed by atoms with Gasteiger partial charge in [-0.05, 0) is 79.3 Å². The first-order valence-electron chi connectivity index (χ1n) is 11.8. The molecule has 1 atom stereocenters. The molecule has 0 aromatic heterocycles. The number of ether oxygens (including phenoxy) is 1. The third kappa shape index (κ3) is 7.14. The quantitative estimate of drug-likeness (QED) is 0.351. The van der Waals surface area contributed by atoms with Gasteiger partial charge in [0.2, 0.25) is 0 Å². The summed E-state index contributed by atoms with van der Waals surface area (Å²) >= 11 is 0. The fourth-order valence-corrected chi connectivity index (χ4v) is 3.92. The van der Waals surface area contributed by atoms with Crippen LogP contribution in [0, 0.1) is 17.1 Å². The predicted octanol–water partition coefficient (Wildman–Crippen LogP) is 4.98. The van der Waals surface area contributed by atoms with Crippen molar-refractivity contribution in [1.82, 2.24) is 5.32 Å². The fourth-order valence-electron chi connectivity index (χ4n) is 3.92. The van der Waals surface area contributed by atoms with Gasteiger partial charge in [0.15, 0.2) is 0 Å². The molecule has 0 saturated carbocycles. The second kappa shape index (κ2) is 11.8. The van der Waals surface area contributed by atoms with Gasteiger partial charge < -0.3 is 20.3 Å². The van der Waals surface area contributed by atoms with Crippen LogP contribution in [0.15, 0.2) is 60.7 Å². The Morgan fingerprint density at radius 3 is 2.42 bits per heavy atom. The Bertz CT molecular complexity index is 1250. The molecule has 3 aromatic rings. The Hall–Kier alpha value is -3.73. The summed E-state index contributed by atoms with van der Waals surface area (Å²) in [5, 5.41) is 32.3. The lowest BCUT2D eigenvalue weighted by Gasteiger charge is -2.28. The first kappa shape index (κ1) is 26.9. The molecule has 0 unspecified atom stereocenters. The van der Waals surface area contributed by atoms with Crippen LogP contribution in [0.2, 0.25) is 0 Å². The maximum atomic E-state index is 14.1. The van der Waals surface area contributed by atoms with E-state index in [0.29, 0.717) is 29.7 Å². The van der Waals surface area contributed by atoms with Crippen molar-refractivity contribution in [3.05, 3.63) is 88.7 Å². The molecule has 0 aliphatic rings. The van der Waals surface area contributed by atoms with E-state index in [0.717, 1.165) is 16.7 Å². The van der Waals surface area contributed by atoms with Gasteiger partial charge in [0.25, 0.3) is 0 Å². The minimum atomic E-state index is -1.00. The van der Waals surface area contributed by atoms with Crippen LogP contribution in [0.1, 0.15) is 47.8 Å². The van der Waals surface area contributed by atoms with E-state index in [2.05, 4.69) is 11.4 Å². The molecular formula is C29H31FN2O4. The summed E-state index contributed by atoms with van der Waals surface area (Å²) in [4.78, 5) is 11.1. The van der Waals surface area contributed by atoms with E-state index in [9.17, 15) is 19.6 Å². The summed E-state index contributed by atoms with van der Waals surface area (Å²) in [6.45, 7) is 6.11. The number of carboxylic acid groups (broad SMARTS) is 1. The van der Waals surface area contributed by atoms with Crippen molar-refractivity contribution in [3.63, 3.8) is 0 Å². The molecule has 0 fully saturated rings. The molecule has 0 spiro atoms. The maximum Gasteiger partial charge on any atom is 0.335 e. The Balaban J connectivity index is 1.60. The fraction of sp³-hybridized carbons (Fsp3) is 0.310. The number of nitrogens with one attached hydrogen (secondary N) is 1. The van der Waals surface area contributed by atoms with Gasteiger partial charge in [0.1, 0.15) is 30.3 Å². The highest BCUT2D eigenvalue weighted by atomic mass is 19.1. The van der Waals surface area contributed by atoms with E-state index < -0.39 is 12.1 Å². The van der Waals surface area contributed by atoms with E-state index in [1.165, 1.54) is 12.1 Å². The van der Waals surface area contributed by atoms with Crippen molar-refractivity contribution in [2.75, 3.05) is 13.2 Å². The highest BCUT2D eigenvalue weighted by Gasteiger charge is 2.20. The first-order chi connectivity index (χ1) is 17.1. The Kier molecular flexibility index (Phi) is 8.81. The number of aliphatic hydroxyl groups excluding tert-OH is 1. The number of nitriles is 1. The Morgan fingerprint density at radius 2 is 1.81 bits per heavy atom. The van der Waals surface area contributed by atoms with Crippen molar-refractivity contribution in [3.8, 4) is 22.9 Å². The number of halogens is 1. The maximum absolute atomic E-state index is 14.1. The molecule has 0 radical (unpaired) electrons. The number of carboxylic acids is 1. The molecule has 0 aliphatic heterocycles. The number of hydrogen-bond donors (Lipinski definition) is 3. The first-order valence-corrected chi connectivity index (χ1v) is 11.8. The van der Waals surface area contributed by atoms with E-state index in [1.807, 2.05) is 32.9 Å². The van der Waals surface area contributed by atoms with Gasteiger partial charge in [0, 0.05) is 12.1 Å². The highest BCUT2D eigenvalue weighted by molar-refractivity contribution is 5.88. The molecule has 0 saturated heterocycles. The lowest BCUT2D eigenvalue weighted by molar-refractivity contribution is 0.0697. The van der Waals surface area contributed by atoms with Gasteiger partial charge in [-0.3, -0.25) is 0 Å². The monoisotopic (exact) mass is 490 g/mol. The van der Waals surface area contributed by atoms with Crippen molar-refractivity contribution in [2.45, 2.75) is 45.3 Å². The summed E-state index contributed by atoms with van der Waals surface area (Å²) in [5.41, 5.74) is 3.23. The lowest BCUT2D eigenvalue weighted by Crippen LogP contribution is -2.46. The normalized spacial score (nSPS) is 12.1. The average molecular weight is 491 g/mol. The van der Waals surface area contributed by atoms with Crippen LogP contribution in [0.5, 0.6) is 5.75 Å². The standard InChI is InChI=1S/C29H31FN2O4/c1-4-20-6-5-19(13-26(20)30)15-29(2,3)32-17-25(33)18-36-27-14-23(11-12-24(27)16-31)21-7-9-22(10-8-21)28(34)35/h5-14,25,32-33H,4,15,17-18H2,1-3H3,(H,34,35)/t25-/m0/s1. The molecule has 36 heavy (non-hydrogen) atoms. The number of rotatable bonds is 11. The molecule has 0 heterocycles. The lowest BCUT2D eigenvalue weighted by atomic mass is 9.93. The zero-order chi connectivity index (χ0) is 26.3. The number of aliphatic hydroxyl groups is 1. The zero-order valence-corrected chi connectivity index (χ0v) is 20.7. The second-order valence-electron chi connectivity index (χ2n) is 9.39. The molecule has 3 aromatic carbocycles. The van der Waals surface area contributed by atoms with Crippen molar-refractivity contribution in [1.29, 1.82) is 5.26 Å². The van der Waals surface area contributed by atoms with Crippen LogP contribution in [-0.4, -0.2) is 41.0 Å². The molecule has 7 heteroatoms. The molecule has 188 valence electrons. The molecule has 6 nitrogen and oxygen atoms in total.